The van der Waals surface area contributed by atoms with Crippen LogP contribution < -0.4 is 11.2 Å². The second-order valence-corrected chi connectivity index (χ2v) is 6.87. The van der Waals surface area contributed by atoms with Crippen LogP contribution in [0.15, 0.2) is 34.0 Å². The van der Waals surface area contributed by atoms with Gasteiger partial charge in [0.15, 0.2) is 18.4 Å². The maximum absolute atomic E-state index is 12.7. The Morgan fingerprint density at radius 2 is 1.90 bits per heavy atom. The number of phenols is 2. The normalized spacial score (nSPS) is 22.8. The number of benzene rings is 1. The molecule has 0 saturated carbocycles. The third-order valence-corrected chi connectivity index (χ3v) is 4.64. The van der Waals surface area contributed by atoms with Crippen LogP contribution in [-0.4, -0.2) is 61.7 Å². The predicted octanol–water partition coefficient (Wildman–Crippen LogP) is -0.697. The van der Waals surface area contributed by atoms with E-state index < -0.39 is 60.1 Å². The molecular weight excluding hydrogens is 416 g/mol. The Labute approximate surface area is 174 Å². The number of hydrogen-bond donors (Lipinski definition) is 4. The lowest BCUT2D eigenvalue weighted by Crippen LogP contribution is -2.42. The van der Waals surface area contributed by atoms with Crippen molar-refractivity contribution in [3.8, 4) is 11.5 Å². The van der Waals surface area contributed by atoms with Crippen LogP contribution in [0.25, 0.3) is 0 Å². The van der Waals surface area contributed by atoms with E-state index in [1.54, 1.807) is 0 Å². The first-order chi connectivity index (χ1) is 14.6. The van der Waals surface area contributed by atoms with E-state index in [9.17, 15) is 34.5 Å². The first kappa shape index (κ1) is 22.1. The van der Waals surface area contributed by atoms with Crippen LogP contribution in [0.2, 0.25) is 0 Å². The molecule has 1 aliphatic rings. The molecule has 1 saturated heterocycles. The number of aliphatic hydroxyl groups excluding tert-OH is 1. The van der Waals surface area contributed by atoms with E-state index in [-0.39, 0.29) is 16.9 Å². The second kappa shape index (κ2) is 8.62. The largest absolute Gasteiger partial charge is 0.508 e. The number of carbonyl (C=O) groups excluding carboxylic acids is 2. The highest BCUT2D eigenvalue weighted by Gasteiger charge is 2.50. The van der Waals surface area contributed by atoms with Crippen molar-refractivity contribution in [1.29, 1.82) is 0 Å². The van der Waals surface area contributed by atoms with Crippen molar-refractivity contribution >= 4 is 11.9 Å². The lowest BCUT2D eigenvalue weighted by Gasteiger charge is -2.24. The fourth-order valence-corrected chi connectivity index (χ4v) is 3.36. The summed E-state index contributed by atoms with van der Waals surface area (Å²) in [4.78, 5) is 50.0. The van der Waals surface area contributed by atoms with Gasteiger partial charge in [0.1, 0.15) is 23.2 Å². The van der Waals surface area contributed by atoms with Gasteiger partial charge in [-0.25, -0.2) is 9.59 Å². The molecule has 0 bridgehead atoms. The summed E-state index contributed by atoms with van der Waals surface area (Å²) in [6, 6.07) is 3.22. The average molecular weight is 436 g/mol. The van der Waals surface area contributed by atoms with Gasteiger partial charge in [-0.3, -0.25) is 19.1 Å². The van der Waals surface area contributed by atoms with Crippen molar-refractivity contribution in [3.63, 3.8) is 0 Å². The zero-order valence-electron chi connectivity index (χ0n) is 16.5. The van der Waals surface area contributed by atoms with Gasteiger partial charge in [0.2, 0.25) is 0 Å². The van der Waals surface area contributed by atoms with E-state index in [1.807, 2.05) is 4.98 Å². The van der Waals surface area contributed by atoms with Crippen molar-refractivity contribution in [2.75, 3.05) is 6.61 Å². The maximum Gasteiger partial charge on any atom is 0.342 e. The van der Waals surface area contributed by atoms with Crippen LogP contribution in [0, 0.1) is 6.92 Å². The molecule has 2 heterocycles. The van der Waals surface area contributed by atoms with Gasteiger partial charge in [0, 0.05) is 25.3 Å². The maximum atomic E-state index is 12.7. The zero-order valence-corrected chi connectivity index (χ0v) is 16.5. The average Bonchev–Trinajstić information content (AvgIpc) is 2.97. The van der Waals surface area contributed by atoms with Gasteiger partial charge in [-0.05, 0) is 18.6 Å². The summed E-state index contributed by atoms with van der Waals surface area (Å²) in [7, 11) is 0. The highest BCUT2D eigenvalue weighted by Crippen LogP contribution is 2.35. The molecule has 0 aliphatic carbocycles. The van der Waals surface area contributed by atoms with E-state index in [0.29, 0.717) is 0 Å². The molecule has 3 rings (SSSR count). The molecule has 0 spiro atoms. The summed E-state index contributed by atoms with van der Waals surface area (Å²) in [6.45, 7) is 1.88. The number of nitrogens with zero attached hydrogens (tertiary/aromatic N) is 1. The van der Waals surface area contributed by atoms with Gasteiger partial charge >= 0.3 is 17.6 Å². The Morgan fingerprint density at radius 3 is 2.48 bits per heavy atom. The molecule has 1 aromatic heterocycles. The number of carbonyl (C=O) groups is 2. The molecule has 4 N–H and O–H groups in total. The van der Waals surface area contributed by atoms with Gasteiger partial charge < -0.3 is 29.5 Å². The van der Waals surface area contributed by atoms with Gasteiger partial charge in [-0.2, -0.15) is 0 Å². The fourth-order valence-electron chi connectivity index (χ4n) is 3.36. The summed E-state index contributed by atoms with van der Waals surface area (Å²) < 4.78 is 17.1. The van der Waals surface area contributed by atoms with Crippen LogP contribution in [0.1, 0.15) is 29.1 Å². The number of aryl methyl sites for hydroxylation is 1. The van der Waals surface area contributed by atoms with E-state index in [2.05, 4.69) is 0 Å². The smallest absolute Gasteiger partial charge is 0.342 e. The first-order valence-corrected chi connectivity index (χ1v) is 9.11. The number of H-pyrrole nitrogens is 1. The highest BCUT2D eigenvalue weighted by molar-refractivity contribution is 5.94. The summed E-state index contributed by atoms with van der Waals surface area (Å²) in [5.41, 5.74) is -1.58. The fraction of sp³-hybridized carbons (Fsp3) is 0.368. The molecule has 31 heavy (non-hydrogen) atoms. The van der Waals surface area contributed by atoms with Crippen molar-refractivity contribution in [2.45, 2.75) is 38.4 Å². The van der Waals surface area contributed by atoms with Crippen LogP contribution in [0.3, 0.4) is 0 Å². The van der Waals surface area contributed by atoms with Crippen LogP contribution >= 0.6 is 0 Å². The van der Waals surface area contributed by atoms with Crippen LogP contribution in [-0.2, 0) is 19.0 Å². The number of ether oxygens (including phenoxy) is 3. The molecule has 0 radical (unpaired) electrons. The van der Waals surface area contributed by atoms with Gasteiger partial charge in [-0.15, -0.1) is 0 Å². The minimum atomic E-state index is -1.36. The summed E-state index contributed by atoms with van der Waals surface area (Å²) in [5.74, 6) is -2.62. The molecule has 4 atom stereocenters. The molecule has 2 aromatic rings. The van der Waals surface area contributed by atoms with E-state index in [1.165, 1.54) is 13.0 Å². The molecule has 12 heteroatoms. The highest BCUT2D eigenvalue weighted by atomic mass is 16.6. The van der Waals surface area contributed by atoms with Gasteiger partial charge in [-0.1, -0.05) is 0 Å². The summed E-state index contributed by atoms with van der Waals surface area (Å²) in [5, 5.41) is 29.3. The number of aliphatic hydroxyl groups is 1. The van der Waals surface area contributed by atoms with Crippen molar-refractivity contribution in [3.05, 3.63) is 56.4 Å². The SMILES string of the molecule is CC(=O)O[C@@H]1[C@H](OC(=O)c2c(C)cc(O)cc2O)[C@@H](CO)O[C@H]1n1ccc(=O)[nH]c1=O. The number of aromatic nitrogens is 2. The minimum absolute atomic E-state index is 0.208. The molecule has 166 valence electrons. The van der Waals surface area contributed by atoms with Crippen molar-refractivity contribution in [2.24, 2.45) is 0 Å². The van der Waals surface area contributed by atoms with E-state index >= 15 is 0 Å². The molecular formula is C19H20N2O10. The minimum Gasteiger partial charge on any atom is -0.508 e. The zero-order chi connectivity index (χ0) is 22.9. The third-order valence-electron chi connectivity index (χ3n) is 4.64. The quantitative estimate of drug-likeness (QED) is 0.438. The number of aromatic hydroxyl groups is 2. The molecule has 1 fully saturated rings. The molecule has 0 unspecified atom stereocenters. The Morgan fingerprint density at radius 1 is 1.19 bits per heavy atom. The van der Waals surface area contributed by atoms with Crippen molar-refractivity contribution in [1.82, 2.24) is 9.55 Å². The summed E-state index contributed by atoms with van der Waals surface area (Å²) >= 11 is 0. The Balaban J connectivity index is 1.98. The number of aromatic amines is 1. The van der Waals surface area contributed by atoms with Crippen molar-refractivity contribution < 1.29 is 39.1 Å². The van der Waals surface area contributed by atoms with Crippen LogP contribution in [0.5, 0.6) is 11.5 Å². The molecule has 0 amide bonds. The van der Waals surface area contributed by atoms with Crippen LogP contribution in [0.4, 0.5) is 0 Å². The number of nitrogens with one attached hydrogen (secondary N) is 1. The molecule has 1 aromatic carbocycles. The number of hydrogen-bond acceptors (Lipinski definition) is 10. The topological polar surface area (TPSA) is 177 Å². The Hall–Kier alpha value is -3.64. The monoisotopic (exact) mass is 436 g/mol. The van der Waals surface area contributed by atoms with E-state index in [4.69, 9.17) is 14.2 Å². The third kappa shape index (κ3) is 4.44. The first-order valence-electron chi connectivity index (χ1n) is 9.11. The Kier molecular flexibility index (Phi) is 6.13. The molecule has 1 aliphatic heterocycles. The lowest BCUT2D eigenvalue weighted by atomic mass is 10.1. The second-order valence-electron chi connectivity index (χ2n) is 6.87. The summed E-state index contributed by atoms with van der Waals surface area (Å²) in [6.07, 6.45) is -4.13. The van der Waals surface area contributed by atoms with Gasteiger partial charge in [0.25, 0.3) is 5.56 Å². The predicted molar refractivity (Wildman–Crippen MR) is 102 cm³/mol. The number of rotatable bonds is 5. The van der Waals surface area contributed by atoms with Gasteiger partial charge in [0.05, 0.1) is 6.61 Å². The Bertz CT molecular complexity index is 1100. The standard InChI is InChI=1S/C19H20N2O10/c1-8-5-10(24)6-11(25)14(8)18(27)31-15-12(7-22)30-17(16(15)29-9(2)23)21-4-3-13(26)20-19(21)28/h3-6,12,15-17,22,24-25H,7H2,1-2H3,(H,20,26,28)/t12-,15-,16-,17-/m1/s1. The molecule has 12 nitrogen and oxygen atoms in total. The number of esters is 2. The lowest BCUT2D eigenvalue weighted by molar-refractivity contribution is -0.156. The van der Waals surface area contributed by atoms with E-state index in [0.717, 1.165) is 29.8 Å². The number of phenolic OH excluding ortho intramolecular Hbond substituents is 2.